The zero-order valence-electron chi connectivity index (χ0n) is 11.4. The van der Waals surface area contributed by atoms with Crippen LogP contribution in [0.25, 0.3) is 0 Å². The third-order valence-electron chi connectivity index (χ3n) is 4.99. The van der Waals surface area contributed by atoms with E-state index in [9.17, 15) is 4.39 Å². The zero-order valence-corrected chi connectivity index (χ0v) is 11.4. The summed E-state index contributed by atoms with van der Waals surface area (Å²) in [5.74, 6) is -0.178. The van der Waals surface area contributed by atoms with Gasteiger partial charge in [0.1, 0.15) is 5.82 Å². The van der Waals surface area contributed by atoms with Crippen molar-refractivity contribution >= 4 is 0 Å². The molecule has 1 heterocycles. The van der Waals surface area contributed by atoms with E-state index in [4.69, 9.17) is 5.73 Å². The molecule has 1 saturated carbocycles. The maximum absolute atomic E-state index is 13.4. The second kappa shape index (κ2) is 5.22. The summed E-state index contributed by atoms with van der Waals surface area (Å²) >= 11 is 0. The lowest BCUT2D eigenvalue weighted by Gasteiger charge is -2.43. The molecule has 0 radical (unpaired) electrons. The largest absolute Gasteiger partial charge is 0.322 e. The third-order valence-corrected chi connectivity index (χ3v) is 4.99. The molecular formula is C16H23FN2. The fourth-order valence-corrected chi connectivity index (χ4v) is 3.98. The van der Waals surface area contributed by atoms with E-state index in [-0.39, 0.29) is 17.4 Å². The Morgan fingerprint density at radius 3 is 2.42 bits per heavy atom. The van der Waals surface area contributed by atoms with E-state index in [2.05, 4.69) is 4.90 Å². The Morgan fingerprint density at radius 1 is 1.11 bits per heavy atom. The molecule has 1 aliphatic heterocycles. The van der Waals surface area contributed by atoms with Crippen molar-refractivity contribution < 1.29 is 4.39 Å². The van der Waals surface area contributed by atoms with Gasteiger partial charge in [0.25, 0.3) is 0 Å². The highest BCUT2D eigenvalue weighted by molar-refractivity contribution is 5.25. The van der Waals surface area contributed by atoms with Crippen LogP contribution in [0.15, 0.2) is 24.3 Å². The Hall–Kier alpha value is -0.930. The maximum Gasteiger partial charge on any atom is 0.123 e. The first-order valence-corrected chi connectivity index (χ1v) is 7.48. The summed E-state index contributed by atoms with van der Waals surface area (Å²) in [7, 11) is 0. The lowest BCUT2D eigenvalue weighted by Crippen LogP contribution is -2.52. The number of rotatable bonds is 3. The summed E-state index contributed by atoms with van der Waals surface area (Å²) in [4.78, 5) is 2.58. The summed E-state index contributed by atoms with van der Waals surface area (Å²) in [6.07, 6.45) is 7.36. The normalized spacial score (nSPS) is 24.7. The van der Waals surface area contributed by atoms with Crippen molar-refractivity contribution in [1.29, 1.82) is 0 Å². The Morgan fingerprint density at radius 2 is 1.79 bits per heavy atom. The van der Waals surface area contributed by atoms with E-state index in [0.717, 1.165) is 31.5 Å². The molecule has 0 amide bonds. The van der Waals surface area contributed by atoms with Crippen LogP contribution < -0.4 is 5.73 Å². The smallest absolute Gasteiger partial charge is 0.123 e. The highest BCUT2D eigenvalue weighted by Gasteiger charge is 2.45. The minimum absolute atomic E-state index is 0.0659. The number of nitrogens with zero attached hydrogens (tertiary/aromatic N) is 1. The Kier molecular flexibility index (Phi) is 3.59. The van der Waals surface area contributed by atoms with E-state index in [0.29, 0.717) is 0 Å². The minimum atomic E-state index is -0.178. The van der Waals surface area contributed by atoms with E-state index in [1.54, 1.807) is 12.1 Å². The molecule has 19 heavy (non-hydrogen) atoms. The highest BCUT2D eigenvalue weighted by Crippen LogP contribution is 2.44. The van der Waals surface area contributed by atoms with Crippen molar-refractivity contribution in [1.82, 2.24) is 4.90 Å². The fraction of sp³-hybridized carbons (Fsp3) is 0.625. The van der Waals surface area contributed by atoms with Gasteiger partial charge in [-0.2, -0.15) is 0 Å². The first-order chi connectivity index (χ1) is 9.22. The maximum atomic E-state index is 13.4. The molecule has 3 heteroatoms. The van der Waals surface area contributed by atoms with Crippen LogP contribution in [-0.2, 0) is 0 Å². The molecular weight excluding hydrogens is 239 g/mol. The molecule has 2 aliphatic rings. The minimum Gasteiger partial charge on any atom is -0.322 e. The molecule has 2 N–H and O–H groups in total. The first-order valence-electron chi connectivity index (χ1n) is 7.48. The molecule has 2 nitrogen and oxygen atoms in total. The number of halogens is 1. The van der Waals surface area contributed by atoms with Crippen molar-refractivity contribution in [2.45, 2.75) is 50.1 Å². The van der Waals surface area contributed by atoms with Crippen LogP contribution >= 0.6 is 0 Å². The van der Waals surface area contributed by atoms with Crippen LogP contribution in [-0.4, -0.2) is 23.5 Å². The Bertz CT molecular complexity index is 434. The van der Waals surface area contributed by atoms with Crippen LogP contribution in [0, 0.1) is 5.82 Å². The zero-order chi connectivity index (χ0) is 13.3. The third kappa shape index (κ3) is 2.30. The predicted molar refractivity (Wildman–Crippen MR) is 75.3 cm³/mol. The van der Waals surface area contributed by atoms with Gasteiger partial charge in [-0.05, 0) is 56.5 Å². The number of nitrogens with two attached hydrogens (primary N) is 1. The molecule has 2 fully saturated rings. The van der Waals surface area contributed by atoms with Crippen LogP contribution in [0.1, 0.15) is 50.1 Å². The molecule has 0 spiro atoms. The summed E-state index contributed by atoms with van der Waals surface area (Å²) in [5, 5.41) is 0. The number of hydrogen-bond acceptors (Lipinski definition) is 2. The van der Waals surface area contributed by atoms with Gasteiger partial charge < -0.3 is 5.73 Å². The Balaban J connectivity index is 1.91. The number of benzene rings is 1. The van der Waals surface area contributed by atoms with Gasteiger partial charge in [0, 0.05) is 11.6 Å². The SMILES string of the molecule is NC(c1cccc(F)c1)C1(N2CCCC2)CCCC1. The number of hydrogen-bond donors (Lipinski definition) is 1. The average Bonchev–Trinajstić information content (AvgIpc) is 3.09. The summed E-state index contributed by atoms with van der Waals surface area (Å²) in [5.41, 5.74) is 7.60. The molecule has 104 valence electrons. The van der Waals surface area contributed by atoms with E-state index in [1.807, 2.05) is 6.07 Å². The van der Waals surface area contributed by atoms with E-state index >= 15 is 0 Å². The van der Waals surface area contributed by atoms with Crippen molar-refractivity contribution in [3.05, 3.63) is 35.6 Å². The van der Waals surface area contributed by atoms with Gasteiger partial charge in [-0.3, -0.25) is 4.90 Å². The summed E-state index contributed by atoms with van der Waals surface area (Å²) in [6, 6.07) is 6.79. The fourth-order valence-electron chi connectivity index (χ4n) is 3.98. The number of likely N-dealkylation sites (tertiary alicyclic amines) is 1. The topological polar surface area (TPSA) is 29.3 Å². The van der Waals surface area contributed by atoms with Crippen LogP contribution in [0.5, 0.6) is 0 Å². The van der Waals surface area contributed by atoms with Crippen molar-refractivity contribution in [2.24, 2.45) is 5.73 Å². The molecule has 1 saturated heterocycles. The monoisotopic (exact) mass is 262 g/mol. The first kappa shape index (κ1) is 13.1. The molecule has 0 bridgehead atoms. The van der Waals surface area contributed by atoms with E-state index < -0.39 is 0 Å². The standard InChI is InChI=1S/C16H23FN2/c17-14-7-5-6-13(12-14)15(18)16(8-1-2-9-16)19-10-3-4-11-19/h5-7,12,15H,1-4,8-11,18H2. The highest BCUT2D eigenvalue weighted by atomic mass is 19.1. The molecule has 1 aliphatic carbocycles. The van der Waals surface area contributed by atoms with Crippen LogP contribution in [0.3, 0.4) is 0 Å². The average molecular weight is 262 g/mol. The van der Waals surface area contributed by atoms with Gasteiger partial charge in [-0.25, -0.2) is 4.39 Å². The molecule has 1 aromatic rings. The van der Waals surface area contributed by atoms with Crippen molar-refractivity contribution in [3.63, 3.8) is 0 Å². The quantitative estimate of drug-likeness (QED) is 0.906. The van der Waals surface area contributed by atoms with Gasteiger partial charge in [-0.15, -0.1) is 0 Å². The molecule has 3 rings (SSSR count). The van der Waals surface area contributed by atoms with Gasteiger partial charge in [-0.1, -0.05) is 25.0 Å². The van der Waals surface area contributed by atoms with Crippen molar-refractivity contribution in [3.8, 4) is 0 Å². The molecule has 1 atom stereocenters. The lowest BCUT2D eigenvalue weighted by atomic mass is 9.82. The van der Waals surface area contributed by atoms with Crippen molar-refractivity contribution in [2.75, 3.05) is 13.1 Å². The van der Waals surface area contributed by atoms with Crippen LogP contribution in [0.2, 0.25) is 0 Å². The molecule has 0 aromatic heterocycles. The van der Waals surface area contributed by atoms with E-state index in [1.165, 1.54) is 31.7 Å². The second-order valence-corrected chi connectivity index (χ2v) is 6.04. The molecule has 1 unspecified atom stereocenters. The van der Waals surface area contributed by atoms with Gasteiger partial charge in [0.05, 0.1) is 0 Å². The Labute approximate surface area is 114 Å². The predicted octanol–water partition coefficient (Wildman–Crippen LogP) is 3.23. The summed E-state index contributed by atoms with van der Waals surface area (Å²) < 4.78 is 13.4. The van der Waals surface area contributed by atoms with Gasteiger partial charge in [0.2, 0.25) is 0 Å². The summed E-state index contributed by atoms with van der Waals surface area (Å²) in [6.45, 7) is 2.31. The lowest BCUT2D eigenvalue weighted by molar-refractivity contribution is 0.0921. The van der Waals surface area contributed by atoms with Gasteiger partial charge in [0.15, 0.2) is 0 Å². The van der Waals surface area contributed by atoms with Gasteiger partial charge >= 0.3 is 0 Å². The second-order valence-electron chi connectivity index (χ2n) is 6.04. The van der Waals surface area contributed by atoms with Crippen LogP contribution in [0.4, 0.5) is 4.39 Å². The molecule has 1 aromatic carbocycles.